The highest BCUT2D eigenvalue weighted by Crippen LogP contribution is 2.30. The third-order valence-electron chi connectivity index (χ3n) is 7.26. The Bertz CT molecular complexity index is 1100. The van der Waals surface area contributed by atoms with Crippen LogP contribution < -0.4 is 20.9 Å². The molecule has 0 atom stereocenters. The molecule has 4 N–H and O–H groups in total. The molecule has 2 aliphatic rings. The zero-order chi connectivity index (χ0) is 30.5. The van der Waals surface area contributed by atoms with E-state index in [1.165, 1.54) is 77.0 Å². The van der Waals surface area contributed by atoms with E-state index >= 15 is 0 Å². The molecule has 12 heteroatoms. The molecule has 0 radical (unpaired) electrons. The van der Waals surface area contributed by atoms with Crippen LogP contribution in [0.25, 0.3) is 0 Å². The molecular weight excluding hydrogens is 583 g/mol. The number of carbonyl (C=O) groups excluding carboxylic acids is 2. The molecule has 0 unspecified atom stereocenters. The zero-order valence-electron chi connectivity index (χ0n) is 24.5. The predicted octanol–water partition coefficient (Wildman–Crippen LogP) is 5.15. The predicted molar refractivity (Wildman–Crippen MR) is 166 cm³/mol. The van der Waals surface area contributed by atoms with Crippen LogP contribution in [0, 0.1) is 0 Å². The lowest BCUT2D eigenvalue weighted by molar-refractivity contribution is 0.0439. The maximum atomic E-state index is 12.1. The van der Waals surface area contributed by atoms with Crippen LogP contribution in [0.2, 0.25) is 10.0 Å². The molecule has 10 nitrogen and oxygen atoms in total. The molecule has 232 valence electrons. The van der Waals surface area contributed by atoms with Crippen molar-refractivity contribution in [3.05, 3.63) is 45.4 Å². The van der Waals surface area contributed by atoms with Gasteiger partial charge in [-0.2, -0.15) is 0 Å². The van der Waals surface area contributed by atoms with Crippen LogP contribution in [0.15, 0.2) is 24.3 Å². The van der Waals surface area contributed by atoms with E-state index in [2.05, 4.69) is 9.80 Å². The van der Waals surface area contributed by atoms with E-state index < -0.39 is 11.9 Å². The molecular formula is C30H42Cl2N4O6. The van der Waals surface area contributed by atoms with E-state index in [0.717, 1.165) is 39.3 Å². The van der Waals surface area contributed by atoms with Crippen LogP contribution in [0.3, 0.4) is 0 Å². The number of likely N-dealkylation sites (tertiary alicyclic amines) is 2. The van der Waals surface area contributed by atoms with Gasteiger partial charge in [0, 0.05) is 25.2 Å². The largest absolute Gasteiger partial charge is 0.496 e. The molecule has 42 heavy (non-hydrogen) atoms. The van der Waals surface area contributed by atoms with E-state index in [9.17, 15) is 9.59 Å². The summed E-state index contributed by atoms with van der Waals surface area (Å²) in [5.41, 5.74) is 12.7. The molecule has 2 aromatic rings. The fourth-order valence-electron chi connectivity index (χ4n) is 4.85. The number of ether oxygens (including phenoxy) is 4. The van der Waals surface area contributed by atoms with Crippen LogP contribution >= 0.6 is 23.2 Å². The minimum absolute atomic E-state index is 0.301. The molecule has 2 aliphatic heterocycles. The van der Waals surface area contributed by atoms with Gasteiger partial charge in [0.15, 0.2) is 0 Å². The van der Waals surface area contributed by atoms with Gasteiger partial charge in [-0.1, -0.05) is 36.0 Å². The monoisotopic (exact) mass is 624 g/mol. The number of esters is 2. The lowest BCUT2D eigenvalue weighted by Crippen LogP contribution is -2.33. The van der Waals surface area contributed by atoms with Crippen LogP contribution in [0.4, 0.5) is 11.4 Å². The van der Waals surface area contributed by atoms with Gasteiger partial charge in [-0.05, 0) is 64.0 Å². The molecule has 2 heterocycles. The summed E-state index contributed by atoms with van der Waals surface area (Å²) in [6, 6.07) is 6.03. The summed E-state index contributed by atoms with van der Waals surface area (Å²) in [7, 11) is 2.96. The van der Waals surface area contributed by atoms with Crippen molar-refractivity contribution >= 4 is 46.5 Å². The summed E-state index contributed by atoms with van der Waals surface area (Å²) < 4.78 is 20.9. The highest BCUT2D eigenvalue weighted by atomic mass is 35.5. The van der Waals surface area contributed by atoms with Gasteiger partial charge >= 0.3 is 11.9 Å². The van der Waals surface area contributed by atoms with Gasteiger partial charge in [0.1, 0.15) is 35.8 Å². The molecule has 0 bridgehead atoms. The zero-order valence-corrected chi connectivity index (χ0v) is 26.0. The third-order valence-corrected chi connectivity index (χ3v) is 7.91. The highest BCUT2D eigenvalue weighted by molar-refractivity contribution is 6.34. The fraction of sp³-hybridized carbons (Fsp3) is 0.533. The quantitative estimate of drug-likeness (QED) is 0.270. The van der Waals surface area contributed by atoms with Gasteiger partial charge in [0.25, 0.3) is 0 Å². The molecule has 0 saturated carbocycles. The van der Waals surface area contributed by atoms with Gasteiger partial charge < -0.3 is 30.4 Å². The van der Waals surface area contributed by atoms with Crippen molar-refractivity contribution in [2.24, 2.45) is 0 Å². The fourth-order valence-corrected chi connectivity index (χ4v) is 5.18. The number of anilines is 2. The second kappa shape index (κ2) is 17.3. The summed E-state index contributed by atoms with van der Waals surface area (Å²) in [4.78, 5) is 28.8. The standard InChI is InChI=1S/2C15H21ClN2O3/c2*1-20-14-10-13(17)12(16)9-11(14)15(19)21-8-7-18-5-3-2-4-6-18/h2*9-10H,2-8,17H2,1H3. The van der Waals surface area contributed by atoms with Crippen molar-refractivity contribution in [3.63, 3.8) is 0 Å². The van der Waals surface area contributed by atoms with E-state index in [0.29, 0.717) is 57.3 Å². The maximum Gasteiger partial charge on any atom is 0.342 e. The second-order valence-corrected chi connectivity index (χ2v) is 11.0. The number of halogens is 2. The summed E-state index contributed by atoms with van der Waals surface area (Å²) >= 11 is 11.9. The number of piperidine rings is 2. The summed E-state index contributed by atoms with van der Waals surface area (Å²) in [6.45, 7) is 6.56. The van der Waals surface area contributed by atoms with E-state index in [1.807, 2.05) is 0 Å². The van der Waals surface area contributed by atoms with Crippen LogP contribution in [0.5, 0.6) is 11.5 Å². The first-order valence-corrected chi connectivity index (χ1v) is 15.0. The molecule has 0 spiro atoms. The van der Waals surface area contributed by atoms with Gasteiger partial charge in [-0.3, -0.25) is 9.80 Å². The van der Waals surface area contributed by atoms with Gasteiger partial charge in [-0.25, -0.2) is 9.59 Å². The molecule has 0 aromatic heterocycles. The highest BCUT2D eigenvalue weighted by Gasteiger charge is 2.19. The van der Waals surface area contributed by atoms with Gasteiger partial charge in [-0.15, -0.1) is 0 Å². The first-order valence-electron chi connectivity index (χ1n) is 14.3. The van der Waals surface area contributed by atoms with Crippen molar-refractivity contribution in [2.75, 3.05) is 78.2 Å². The van der Waals surface area contributed by atoms with Crippen molar-refractivity contribution < 1.29 is 28.5 Å². The first-order chi connectivity index (χ1) is 20.2. The van der Waals surface area contributed by atoms with Crippen LogP contribution in [0.1, 0.15) is 59.2 Å². The number of nitrogens with two attached hydrogens (primary N) is 2. The normalized spacial score (nSPS) is 15.7. The number of hydrogen-bond acceptors (Lipinski definition) is 10. The average Bonchev–Trinajstić information content (AvgIpc) is 3.00. The Morgan fingerprint density at radius 2 is 1.02 bits per heavy atom. The third kappa shape index (κ3) is 10.1. The second-order valence-electron chi connectivity index (χ2n) is 10.2. The topological polar surface area (TPSA) is 130 Å². The molecule has 0 amide bonds. The number of rotatable bonds is 10. The number of nitrogen functional groups attached to an aromatic ring is 2. The Balaban J connectivity index is 0.000000230. The summed E-state index contributed by atoms with van der Waals surface area (Å²) in [5, 5.41) is 0.637. The van der Waals surface area contributed by atoms with Crippen molar-refractivity contribution in [1.29, 1.82) is 0 Å². The number of hydrogen-bond donors (Lipinski definition) is 2. The van der Waals surface area contributed by atoms with E-state index in [1.54, 1.807) is 0 Å². The average molecular weight is 626 g/mol. The van der Waals surface area contributed by atoms with Crippen molar-refractivity contribution in [1.82, 2.24) is 9.80 Å². The number of nitrogens with zero attached hydrogens (tertiary/aromatic N) is 2. The Labute approximate surface area is 258 Å². The van der Waals surface area contributed by atoms with E-state index in [4.69, 9.17) is 53.6 Å². The van der Waals surface area contributed by atoms with Gasteiger partial charge in [0.2, 0.25) is 0 Å². The molecule has 2 fully saturated rings. The number of benzene rings is 2. The Morgan fingerprint density at radius 1 is 0.667 bits per heavy atom. The molecule has 2 saturated heterocycles. The van der Waals surface area contributed by atoms with Crippen LogP contribution in [-0.2, 0) is 9.47 Å². The number of methoxy groups -OCH3 is 2. The SMILES string of the molecule is COc1cc(N)c(Cl)cc1C(=O)OCCN1CCCCC1.COc1cc(N)c(Cl)cc1C(=O)OCCN1CCCCC1. The van der Waals surface area contributed by atoms with Crippen LogP contribution in [-0.4, -0.2) is 88.4 Å². The molecule has 0 aliphatic carbocycles. The Kier molecular flexibility index (Phi) is 13.8. The first kappa shape index (κ1) is 33.6. The number of carbonyl (C=O) groups is 2. The minimum Gasteiger partial charge on any atom is -0.496 e. The lowest BCUT2D eigenvalue weighted by atomic mass is 10.1. The molecule has 2 aromatic carbocycles. The Morgan fingerprint density at radius 3 is 1.36 bits per heavy atom. The maximum absolute atomic E-state index is 12.1. The summed E-state index contributed by atoms with van der Waals surface area (Å²) in [6.07, 6.45) is 7.45. The lowest BCUT2D eigenvalue weighted by Gasteiger charge is -2.25. The van der Waals surface area contributed by atoms with E-state index in [-0.39, 0.29) is 0 Å². The van der Waals surface area contributed by atoms with Crippen molar-refractivity contribution in [2.45, 2.75) is 38.5 Å². The smallest absolute Gasteiger partial charge is 0.342 e. The summed E-state index contributed by atoms with van der Waals surface area (Å²) in [5.74, 6) is -0.128. The minimum atomic E-state index is -0.439. The van der Waals surface area contributed by atoms with Gasteiger partial charge in [0.05, 0.1) is 35.6 Å². The molecule has 4 rings (SSSR count). The van der Waals surface area contributed by atoms with Crippen molar-refractivity contribution in [3.8, 4) is 11.5 Å². The Hall–Kier alpha value is -2.92.